The summed E-state index contributed by atoms with van der Waals surface area (Å²) < 4.78 is 5.27. The second-order valence-corrected chi connectivity index (χ2v) is 4.43. The van der Waals surface area contributed by atoms with Gasteiger partial charge in [-0.2, -0.15) is 0 Å². The largest absolute Gasteiger partial charge is 0.442 e. The van der Waals surface area contributed by atoms with E-state index >= 15 is 0 Å². The molecule has 2 fully saturated rings. The van der Waals surface area contributed by atoms with Crippen LogP contribution in [0.25, 0.3) is 0 Å². The number of anilines is 1. The predicted molar refractivity (Wildman–Crippen MR) is 60.9 cm³/mol. The molecule has 5 heteroatoms. The topological polar surface area (TPSA) is 41.6 Å². The number of hydrogen-bond acceptors (Lipinski definition) is 3. The van der Waals surface area contributed by atoms with Gasteiger partial charge in [0.25, 0.3) is 0 Å². The van der Waals surface area contributed by atoms with Crippen molar-refractivity contribution in [2.24, 2.45) is 0 Å². The van der Waals surface area contributed by atoms with Crippen LogP contribution >= 0.6 is 11.6 Å². The molecule has 1 aromatic carbocycles. The summed E-state index contributed by atoms with van der Waals surface area (Å²) in [6.07, 6.45) is -0.290. The molecule has 0 bridgehead atoms. The first-order chi connectivity index (χ1) is 7.75. The molecule has 0 aliphatic carbocycles. The van der Waals surface area contributed by atoms with Crippen molar-refractivity contribution in [3.05, 3.63) is 29.3 Å². The maximum Gasteiger partial charge on any atom is 0.415 e. The molecule has 0 saturated carbocycles. The minimum Gasteiger partial charge on any atom is -0.442 e. The molecular formula is C11H11ClN2O2. The molecule has 2 saturated heterocycles. The van der Waals surface area contributed by atoms with Crippen molar-refractivity contribution >= 4 is 23.4 Å². The Morgan fingerprint density at radius 2 is 2.06 bits per heavy atom. The highest BCUT2D eigenvalue weighted by Gasteiger charge is 2.45. The number of halogens is 1. The van der Waals surface area contributed by atoms with Gasteiger partial charge in [-0.15, -0.1) is 0 Å². The Hall–Kier alpha value is -1.26. The van der Waals surface area contributed by atoms with E-state index in [0.717, 1.165) is 18.8 Å². The van der Waals surface area contributed by atoms with Crippen LogP contribution < -0.4 is 10.2 Å². The highest BCUT2D eigenvalue weighted by atomic mass is 35.5. The van der Waals surface area contributed by atoms with E-state index in [9.17, 15) is 4.79 Å². The number of carbonyl (C=O) groups excluding carboxylic acids is 1. The molecule has 84 valence electrons. The van der Waals surface area contributed by atoms with E-state index in [4.69, 9.17) is 16.3 Å². The van der Waals surface area contributed by atoms with Crippen LogP contribution in [0.1, 0.15) is 0 Å². The highest BCUT2D eigenvalue weighted by molar-refractivity contribution is 6.30. The Bertz CT molecular complexity index is 420. The average molecular weight is 239 g/mol. The maximum atomic E-state index is 11.7. The third kappa shape index (κ3) is 1.45. The van der Waals surface area contributed by atoms with E-state index in [1.54, 1.807) is 17.0 Å². The van der Waals surface area contributed by atoms with Gasteiger partial charge in [0.1, 0.15) is 6.10 Å². The molecule has 16 heavy (non-hydrogen) atoms. The van der Waals surface area contributed by atoms with Crippen LogP contribution in [0, 0.1) is 0 Å². The lowest BCUT2D eigenvalue weighted by molar-refractivity contribution is 0.143. The fourth-order valence-electron chi connectivity index (χ4n) is 2.24. The monoisotopic (exact) mass is 238 g/mol. The summed E-state index contributed by atoms with van der Waals surface area (Å²) in [6.45, 7) is 1.51. The van der Waals surface area contributed by atoms with Crippen molar-refractivity contribution in [2.45, 2.75) is 12.1 Å². The summed E-state index contributed by atoms with van der Waals surface area (Å²) in [5, 5.41) is 3.88. The quantitative estimate of drug-likeness (QED) is 0.809. The molecule has 0 spiro atoms. The molecule has 3 rings (SSSR count). The number of fused-ring (bicyclic) bond motifs is 1. The van der Waals surface area contributed by atoms with Crippen LogP contribution in [0.3, 0.4) is 0 Å². The summed E-state index contributed by atoms with van der Waals surface area (Å²) in [5.74, 6) is 0. The van der Waals surface area contributed by atoms with Gasteiger partial charge >= 0.3 is 6.09 Å². The van der Waals surface area contributed by atoms with Crippen molar-refractivity contribution in [1.82, 2.24) is 5.32 Å². The molecule has 4 nitrogen and oxygen atoms in total. The van der Waals surface area contributed by atoms with Crippen LogP contribution in [-0.4, -0.2) is 31.3 Å². The Balaban J connectivity index is 1.93. The molecule has 1 aromatic rings. The lowest BCUT2D eigenvalue weighted by Gasteiger charge is -2.19. The van der Waals surface area contributed by atoms with Crippen molar-refractivity contribution in [3.63, 3.8) is 0 Å². The zero-order valence-electron chi connectivity index (χ0n) is 8.52. The Labute approximate surface area is 98.1 Å². The number of rotatable bonds is 1. The van der Waals surface area contributed by atoms with Crippen molar-refractivity contribution in [1.29, 1.82) is 0 Å². The van der Waals surface area contributed by atoms with Crippen LogP contribution in [0.4, 0.5) is 10.5 Å². The average Bonchev–Trinajstić information content (AvgIpc) is 2.79. The zero-order valence-corrected chi connectivity index (χ0v) is 9.28. The normalized spacial score (nSPS) is 28.1. The summed E-state index contributed by atoms with van der Waals surface area (Å²) in [7, 11) is 0. The third-order valence-corrected chi connectivity index (χ3v) is 3.27. The minimum atomic E-state index is -0.265. The van der Waals surface area contributed by atoms with Gasteiger partial charge in [0.2, 0.25) is 0 Å². The van der Waals surface area contributed by atoms with Gasteiger partial charge in [-0.05, 0) is 24.3 Å². The summed E-state index contributed by atoms with van der Waals surface area (Å²) >= 11 is 5.82. The Morgan fingerprint density at radius 3 is 2.81 bits per heavy atom. The number of amides is 1. The van der Waals surface area contributed by atoms with E-state index in [1.165, 1.54) is 0 Å². The fraction of sp³-hybridized carbons (Fsp3) is 0.364. The van der Waals surface area contributed by atoms with Crippen molar-refractivity contribution < 1.29 is 9.53 Å². The van der Waals surface area contributed by atoms with E-state index in [2.05, 4.69) is 5.32 Å². The summed E-state index contributed by atoms with van der Waals surface area (Å²) in [4.78, 5) is 13.4. The molecule has 1 amide bonds. The molecule has 2 aliphatic rings. The van der Waals surface area contributed by atoms with Gasteiger partial charge in [0, 0.05) is 23.8 Å². The van der Waals surface area contributed by atoms with Crippen LogP contribution in [-0.2, 0) is 4.74 Å². The van der Waals surface area contributed by atoms with E-state index in [1.807, 2.05) is 12.1 Å². The molecule has 2 atom stereocenters. The smallest absolute Gasteiger partial charge is 0.415 e. The first kappa shape index (κ1) is 9.93. The van der Waals surface area contributed by atoms with Crippen LogP contribution in [0.15, 0.2) is 24.3 Å². The minimum absolute atomic E-state index is 0.0248. The molecule has 0 aromatic heterocycles. The van der Waals surface area contributed by atoms with E-state index < -0.39 is 0 Å². The van der Waals surface area contributed by atoms with E-state index in [0.29, 0.717) is 5.02 Å². The molecule has 2 heterocycles. The lowest BCUT2D eigenvalue weighted by atomic mass is 10.2. The molecule has 2 unspecified atom stereocenters. The number of ether oxygens (including phenoxy) is 1. The number of hydrogen-bond donors (Lipinski definition) is 1. The standard InChI is InChI=1S/C11H11ClN2O2/c12-7-1-3-8(4-2-7)14-9-5-13-6-10(9)16-11(14)15/h1-4,9-10,13H,5-6H2. The van der Waals surface area contributed by atoms with Gasteiger partial charge in [-0.25, -0.2) is 4.79 Å². The first-order valence-electron chi connectivity index (χ1n) is 5.22. The molecule has 1 N–H and O–H groups in total. The van der Waals surface area contributed by atoms with Gasteiger partial charge in [0.15, 0.2) is 0 Å². The molecule has 0 radical (unpaired) electrons. The Morgan fingerprint density at radius 1 is 1.31 bits per heavy atom. The number of nitrogens with zero attached hydrogens (tertiary/aromatic N) is 1. The predicted octanol–water partition coefficient (Wildman–Crippen LogP) is 1.64. The fourth-order valence-corrected chi connectivity index (χ4v) is 2.36. The third-order valence-electron chi connectivity index (χ3n) is 3.01. The second kappa shape index (κ2) is 3.64. The molecule has 2 aliphatic heterocycles. The Kier molecular flexibility index (Phi) is 2.26. The zero-order chi connectivity index (χ0) is 11.1. The van der Waals surface area contributed by atoms with Crippen molar-refractivity contribution in [3.8, 4) is 0 Å². The number of carbonyl (C=O) groups is 1. The summed E-state index contributed by atoms with van der Waals surface area (Å²) in [5.41, 5.74) is 0.839. The first-order valence-corrected chi connectivity index (χ1v) is 5.59. The van der Waals surface area contributed by atoms with E-state index in [-0.39, 0.29) is 18.2 Å². The van der Waals surface area contributed by atoms with Gasteiger partial charge in [-0.3, -0.25) is 4.90 Å². The highest BCUT2D eigenvalue weighted by Crippen LogP contribution is 2.29. The molecular weight excluding hydrogens is 228 g/mol. The van der Waals surface area contributed by atoms with Crippen LogP contribution in [0.5, 0.6) is 0 Å². The lowest BCUT2D eigenvalue weighted by Crippen LogP contribution is -2.37. The number of benzene rings is 1. The summed E-state index contributed by atoms with van der Waals surface area (Å²) in [6, 6.07) is 7.34. The number of nitrogens with one attached hydrogen (secondary N) is 1. The second-order valence-electron chi connectivity index (χ2n) is 3.99. The SMILES string of the molecule is O=C1OC2CNCC2N1c1ccc(Cl)cc1. The van der Waals surface area contributed by atoms with Crippen molar-refractivity contribution in [2.75, 3.05) is 18.0 Å². The van der Waals surface area contributed by atoms with Gasteiger partial charge in [-0.1, -0.05) is 11.6 Å². The van der Waals surface area contributed by atoms with Crippen LogP contribution in [0.2, 0.25) is 5.02 Å². The van der Waals surface area contributed by atoms with Gasteiger partial charge < -0.3 is 10.1 Å². The van der Waals surface area contributed by atoms with Gasteiger partial charge in [0.05, 0.1) is 6.04 Å². The maximum absolute atomic E-state index is 11.7.